The second kappa shape index (κ2) is 5.09. The quantitative estimate of drug-likeness (QED) is 0.600. The average Bonchev–Trinajstić information content (AvgIpc) is 2.23. The number of carbonyl (C=O) groups is 2. The lowest BCUT2D eigenvalue weighted by molar-refractivity contribution is -0.259. The van der Waals surface area contributed by atoms with Crippen LogP contribution in [0.2, 0.25) is 0 Å². The monoisotopic (exact) mass is 273 g/mol. The minimum absolute atomic E-state index is 0.386. The first kappa shape index (κ1) is 15.9. The van der Waals surface area contributed by atoms with Crippen LogP contribution in [0.25, 0.3) is 0 Å². The lowest BCUT2D eigenvalue weighted by Crippen LogP contribution is -2.60. The van der Waals surface area contributed by atoms with Gasteiger partial charge in [0.15, 0.2) is 5.92 Å². The predicted octanol–water partition coefficient (Wildman–Crippen LogP) is 1.66. The average molecular weight is 273 g/mol. The zero-order chi connectivity index (χ0) is 15.0. The molecule has 1 saturated heterocycles. The molecule has 1 aliphatic rings. The molecule has 0 amide bonds. The summed E-state index contributed by atoms with van der Waals surface area (Å²) in [5, 5.41) is 20.2. The van der Waals surface area contributed by atoms with Crippen LogP contribution in [0.1, 0.15) is 47.5 Å². The van der Waals surface area contributed by atoms with Crippen molar-refractivity contribution in [3.63, 3.8) is 0 Å². The largest absolute Gasteiger partial charge is 0.481 e. The van der Waals surface area contributed by atoms with Crippen LogP contribution in [0.3, 0.4) is 0 Å². The van der Waals surface area contributed by atoms with Crippen molar-refractivity contribution in [1.82, 2.24) is 5.06 Å². The summed E-state index contributed by atoms with van der Waals surface area (Å²) < 4.78 is 5.28. The predicted molar refractivity (Wildman–Crippen MR) is 67.7 cm³/mol. The molecule has 1 fully saturated rings. The summed E-state index contributed by atoms with van der Waals surface area (Å²) in [5.41, 5.74) is -1.06. The van der Waals surface area contributed by atoms with Crippen LogP contribution in [0.5, 0.6) is 0 Å². The highest BCUT2D eigenvalue weighted by Gasteiger charge is 2.46. The summed E-state index contributed by atoms with van der Waals surface area (Å²) in [6, 6.07) is 0. The van der Waals surface area contributed by atoms with E-state index in [0.29, 0.717) is 12.8 Å². The van der Waals surface area contributed by atoms with E-state index < -0.39 is 28.9 Å². The Morgan fingerprint density at radius 1 is 1.21 bits per heavy atom. The van der Waals surface area contributed by atoms with Crippen molar-refractivity contribution in [2.45, 2.75) is 64.6 Å². The van der Waals surface area contributed by atoms with Gasteiger partial charge in [-0.15, -0.1) is 0 Å². The highest BCUT2D eigenvalue weighted by atomic mass is 16.6. The fourth-order valence-electron chi connectivity index (χ4n) is 2.63. The molecule has 1 unspecified atom stereocenters. The second-order valence-electron chi connectivity index (χ2n) is 6.46. The van der Waals surface area contributed by atoms with Gasteiger partial charge in [0, 0.05) is 23.9 Å². The summed E-state index contributed by atoms with van der Waals surface area (Å²) >= 11 is 0. The number of ether oxygens (including phenoxy) is 1. The highest BCUT2D eigenvalue weighted by Crippen LogP contribution is 2.38. The van der Waals surface area contributed by atoms with Gasteiger partial charge in [-0.1, -0.05) is 0 Å². The van der Waals surface area contributed by atoms with Crippen molar-refractivity contribution in [2.75, 3.05) is 0 Å². The van der Waals surface area contributed by atoms with Gasteiger partial charge in [-0.3, -0.25) is 9.59 Å². The third-order valence-electron chi connectivity index (χ3n) is 3.61. The van der Waals surface area contributed by atoms with Crippen molar-refractivity contribution >= 4 is 11.9 Å². The number of hydrogen-bond donors (Lipinski definition) is 2. The van der Waals surface area contributed by atoms with Gasteiger partial charge in [0.1, 0.15) is 6.10 Å². The summed E-state index contributed by atoms with van der Waals surface area (Å²) in [4.78, 5) is 22.4. The van der Waals surface area contributed by atoms with Crippen LogP contribution in [0.15, 0.2) is 0 Å². The van der Waals surface area contributed by atoms with Crippen molar-refractivity contribution in [3.8, 4) is 0 Å². The van der Waals surface area contributed by atoms with E-state index in [4.69, 9.17) is 9.84 Å². The van der Waals surface area contributed by atoms with Crippen molar-refractivity contribution in [3.05, 3.63) is 0 Å². The first-order chi connectivity index (χ1) is 8.47. The van der Waals surface area contributed by atoms with Crippen LogP contribution >= 0.6 is 0 Å². The molecule has 1 rings (SSSR count). The first-order valence-corrected chi connectivity index (χ1v) is 6.40. The van der Waals surface area contributed by atoms with Crippen molar-refractivity contribution in [1.29, 1.82) is 0 Å². The van der Waals surface area contributed by atoms with Gasteiger partial charge in [0.05, 0.1) is 0 Å². The number of esters is 1. The molecule has 0 aromatic heterocycles. The Kier molecular flexibility index (Phi) is 4.27. The Balaban J connectivity index is 2.76. The molecule has 0 aromatic rings. The number of carbonyl (C=O) groups excluding carboxylic acids is 1. The van der Waals surface area contributed by atoms with Gasteiger partial charge in [-0.25, -0.2) is 0 Å². The Morgan fingerprint density at radius 2 is 1.63 bits per heavy atom. The van der Waals surface area contributed by atoms with Gasteiger partial charge >= 0.3 is 11.9 Å². The molecule has 0 aromatic carbocycles. The van der Waals surface area contributed by atoms with Crippen LogP contribution in [0, 0.1) is 5.92 Å². The number of carboxylic acid groups (broad SMARTS) is 1. The maximum Gasteiger partial charge on any atom is 0.320 e. The first-order valence-electron chi connectivity index (χ1n) is 6.40. The number of rotatable bonds is 3. The summed E-state index contributed by atoms with van der Waals surface area (Å²) in [6.45, 7) is 8.73. The fourth-order valence-corrected chi connectivity index (χ4v) is 2.63. The van der Waals surface area contributed by atoms with Gasteiger partial charge in [-0.05, 0) is 34.6 Å². The Hall–Kier alpha value is -1.14. The SMILES string of the molecule is CC(C(=O)O)C(=O)OC1CC(C)(C)N(O)C(C)(C)C1. The number of carboxylic acids is 1. The molecule has 0 radical (unpaired) electrons. The zero-order valence-electron chi connectivity index (χ0n) is 12.1. The van der Waals surface area contributed by atoms with E-state index in [1.165, 1.54) is 12.0 Å². The maximum atomic E-state index is 11.7. The summed E-state index contributed by atoms with van der Waals surface area (Å²) in [7, 11) is 0. The second-order valence-corrected chi connectivity index (χ2v) is 6.46. The highest BCUT2D eigenvalue weighted by molar-refractivity contribution is 5.93. The van der Waals surface area contributed by atoms with E-state index in [0.717, 1.165) is 0 Å². The molecule has 19 heavy (non-hydrogen) atoms. The van der Waals surface area contributed by atoms with E-state index in [-0.39, 0.29) is 6.10 Å². The number of hydrogen-bond acceptors (Lipinski definition) is 5. The summed E-state index contributed by atoms with van der Waals surface area (Å²) in [5.74, 6) is -3.09. The van der Waals surface area contributed by atoms with Crippen LogP contribution in [0.4, 0.5) is 0 Å². The molecule has 6 heteroatoms. The van der Waals surface area contributed by atoms with Crippen molar-refractivity contribution < 1.29 is 24.6 Å². The van der Waals surface area contributed by atoms with E-state index in [1.807, 2.05) is 27.7 Å². The van der Waals surface area contributed by atoms with Gasteiger partial charge < -0.3 is 15.1 Å². The van der Waals surface area contributed by atoms with Crippen LogP contribution in [-0.2, 0) is 14.3 Å². The Labute approximate surface area is 113 Å². The third kappa shape index (κ3) is 3.45. The molecule has 110 valence electrons. The maximum absolute atomic E-state index is 11.7. The van der Waals surface area contributed by atoms with Crippen LogP contribution in [-0.4, -0.2) is 44.5 Å². The number of nitrogens with zero attached hydrogens (tertiary/aromatic N) is 1. The van der Waals surface area contributed by atoms with Gasteiger partial charge in [-0.2, -0.15) is 5.06 Å². The molecule has 2 N–H and O–H groups in total. The third-order valence-corrected chi connectivity index (χ3v) is 3.61. The van der Waals surface area contributed by atoms with E-state index in [1.54, 1.807) is 0 Å². The van der Waals surface area contributed by atoms with Crippen LogP contribution < -0.4 is 0 Å². The van der Waals surface area contributed by atoms with E-state index >= 15 is 0 Å². The Bertz CT molecular complexity index is 359. The normalized spacial score (nSPS) is 24.7. The van der Waals surface area contributed by atoms with Gasteiger partial charge in [0.25, 0.3) is 0 Å². The lowest BCUT2D eigenvalue weighted by atomic mass is 9.80. The number of hydroxylamine groups is 2. The van der Waals surface area contributed by atoms with Crippen molar-refractivity contribution in [2.24, 2.45) is 5.92 Å². The molecule has 0 bridgehead atoms. The molecule has 1 aliphatic heterocycles. The fraction of sp³-hybridized carbons (Fsp3) is 0.846. The minimum atomic E-state index is -1.19. The summed E-state index contributed by atoms with van der Waals surface area (Å²) in [6.07, 6.45) is 0.540. The molecule has 0 saturated carbocycles. The Morgan fingerprint density at radius 3 is 2.00 bits per heavy atom. The smallest absolute Gasteiger partial charge is 0.320 e. The molecule has 0 aliphatic carbocycles. The topological polar surface area (TPSA) is 87.1 Å². The van der Waals surface area contributed by atoms with Gasteiger partial charge in [0.2, 0.25) is 0 Å². The molecular weight excluding hydrogens is 250 g/mol. The zero-order valence-corrected chi connectivity index (χ0v) is 12.1. The number of piperidine rings is 1. The van der Waals surface area contributed by atoms with E-state index in [9.17, 15) is 14.8 Å². The molecule has 1 heterocycles. The van der Waals surface area contributed by atoms with E-state index in [2.05, 4.69) is 0 Å². The molecule has 0 spiro atoms. The minimum Gasteiger partial charge on any atom is -0.481 e. The molecule has 6 nitrogen and oxygen atoms in total. The number of aliphatic carboxylic acids is 1. The standard InChI is InChI=1S/C13H23NO5/c1-8(10(15)16)11(17)19-9-6-12(2,3)14(18)13(4,5)7-9/h8-9,18H,6-7H2,1-5H3,(H,15,16). The molecule has 1 atom stereocenters. The molecular formula is C13H23NO5. The lowest BCUT2D eigenvalue weighted by Gasteiger charge is -2.50.